The Labute approximate surface area is 195 Å². The lowest BCUT2D eigenvalue weighted by Gasteiger charge is -2.26. The number of hydrogen-bond acceptors (Lipinski definition) is 6. The minimum absolute atomic E-state index is 0.202. The summed E-state index contributed by atoms with van der Waals surface area (Å²) < 4.78 is 1.80. The van der Waals surface area contributed by atoms with Crippen molar-refractivity contribution in [1.29, 1.82) is 0 Å². The van der Waals surface area contributed by atoms with Crippen molar-refractivity contribution in [1.82, 2.24) is 40.8 Å². The van der Waals surface area contributed by atoms with Crippen LogP contribution in [0.4, 0.5) is 0 Å². The molecule has 10 heteroatoms. The summed E-state index contributed by atoms with van der Waals surface area (Å²) in [6, 6.07) is 15.2. The number of hydrogen-bond donors (Lipinski definition) is 2. The molecule has 0 aliphatic carbocycles. The molecule has 0 atom stereocenters. The van der Waals surface area contributed by atoms with Gasteiger partial charge < -0.3 is 0 Å². The van der Waals surface area contributed by atoms with Crippen LogP contribution >= 0.6 is 11.6 Å². The van der Waals surface area contributed by atoms with Gasteiger partial charge in [-0.2, -0.15) is 10.3 Å². The second kappa shape index (κ2) is 9.13. The number of hydrazine groups is 1. The summed E-state index contributed by atoms with van der Waals surface area (Å²) in [4.78, 5) is 13.1. The molecule has 0 radical (unpaired) electrons. The molecule has 0 spiro atoms. The number of tetrazole rings is 1. The fourth-order valence-corrected chi connectivity index (χ4v) is 4.21. The smallest absolute Gasteiger partial charge is 0.283 e. The third-order valence-corrected chi connectivity index (χ3v) is 6.04. The standard InChI is InChI=1S/C23H23ClN8O/c1-15-20(23(33)28-31-13-3-2-4-14-31)27-32(21(15)16-5-9-18(24)10-6-16)19-11-7-17(8-12-19)22-25-29-30-26-22/h5-12H,2-4,13-14H2,1H3,(H,28,33)(H,25,26,29,30). The fourth-order valence-electron chi connectivity index (χ4n) is 4.08. The Hall–Kier alpha value is -3.56. The summed E-state index contributed by atoms with van der Waals surface area (Å²) in [5, 5.41) is 21.5. The van der Waals surface area contributed by atoms with Gasteiger partial charge in [-0.15, -0.1) is 10.2 Å². The molecule has 4 aromatic rings. The van der Waals surface area contributed by atoms with Crippen molar-refractivity contribution in [2.24, 2.45) is 0 Å². The summed E-state index contributed by atoms with van der Waals surface area (Å²) >= 11 is 6.11. The SMILES string of the molecule is Cc1c(C(=O)NN2CCCCC2)nn(-c2ccc(-c3nn[nH]n3)cc2)c1-c1ccc(Cl)cc1. The first-order valence-corrected chi connectivity index (χ1v) is 11.2. The van der Waals surface area contributed by atoms with Crippen LogP contribution in [0.2, 0.25) is 5.02 Å². The molecule has 33 heavy (non-hydrogen) atoms. The largest absolute Gasteiger partial charge is 0.286 e. The number of aromatic nitrogens is 6. The van der Waals surface area contributed by atoms with Crippen LogP contribution in [-0.2, 0) is 0 Å². The average molecular weight is 463 g/mol. The van der Waals surface area contributed by atoms with Gasteiger partial charge in [0, 0.05) is 34.8 Å². The number of halogens is 1. The number of rotatable bonds is 5. The van der Waals surface area contributed by atoms with Crippen LogP contribution in [0.25, 0.3) is 28.3 Å². The molecule has 2 N–H and O–H groups in total. The van der Waals surface area contributed by atoms with Crippen molar-refractivity contribution >= 4 is 17.5 Å². The van der Waals surface area contributed by atoms with E-state index in [0.29, 0.717) is 16.5 Å². The van der Waals surface area contributed by atoms with E-state index in [9.17, 15) is 4.79 Å². The summed E-state index contributed by atoms with van der Waals surface area (Å²) in [5.41, 5.74) is 7.62. The molecule has 0 bridgehead atoms. The number of H-pyrrole nitrogens is 1. The van der Waals surface area contributed by atoms with Gasteiger partial charge in [0.25, 0.3) is 5.91 Å². The Morgan fingerprint density at radius 3 is 2.36 bits per heavy atom. The molecule has 2 aromatic heterocycles. The van der Waals surface area contributed by atoms with Crippen molar-refractivity contribution in [2.45, 2.75) is 26.2 Å². The molecule has 0 saturated carbocycles. The van der Waals surface area contributed by atoms with Crippen LogP contribution in [0.1, 0.15) is 35.3 Å². The maximum Gasteiger partial charge on any atom is 0.286 e. The van der Waals surface area contributed by atoms with E-state index < -0.39 is 0 Å². The normalized spacial score (nSPS) is 14.4. The number of amides is 1. The average Bonchev–Trinajstić information content (AvgIpc) is 3.49. The second-order valence-electron chi connectivity index (χ2n) is 8.01. The first-order valence-electron chi connectivity index (χ1n) is 10.9. The quantitative estimate of drug-likeness (QED) is 0.467. The van der Waals surface area contributed by atoms with Crippen molar-refractivity contribution in [3.63, 3.8) is 0 Å². The predicted octanol–water partition coefficient (Wildman–Crippen LogP) is 3.81. The van der Waals surface area contributed by atoms with Crippen LogP contribution in [-0.4, -0.2) is 54.4 Å². The zero-order chi connectivity index (χ0) is 22.8. The van der Waals surface area contributed by atoms with Gasteiger partial charge in [0.2, 0.25) is 5.82 Å². The van der Waals surface area contributed by atoms with Gasteiger partial charge in [0.05, 0.1) is 11.4 Å². The van der Waals surface area contributed by atoms with E-state index in [0.717, 1.165) is 54.0 Å². The number of piperidine rings is 1. The number of aromatic amines is 1. The lowest BCUT2D eigenvalue weighted by molar-refractivity contribution is 0.0743. The molecule has 0 unspecified atom stereocenters. The summed E-state index contributed by atoms with van der Waals surface area (Å²) in [7, 11) is 0. The number of carbonyl (C=O) groups is 1. The maximum atomic E-state index is 13.1. The first-order chi connectivity index (χ1) is 16.1. The van der Waals surface area contributed by atoms with Crippen molar-refractivity contribution in [2.75, 3.05) is 13.1 Å². The number of nitrogens with zero attached hydrogens (tertiary/aromatic N) is 6. The Kier molecular flexibility index (Phi) is 5.89. The van der Waals surface area contributed by atoms with Crippen LogP contribution < -0.4 is 5.43 Å². The summed E-state index contributed by atoms with van der Waals surface area (Å²) in [5.74, 6) is 0.310. The van der Waals surface area contributed by atoms with Crippen molar-refractivity contribution in [3.05, 3.63) is 64.8 Å². The zero-order valence-electron chi connectivity index (χ0n) is 18.1. The summed E-state index contributed by atoms with van der Waals surface area (Å²) in [6.45, 7) is 3.63. The Balaban J connectivity index is 1.54. The number of nitrogens with one attached hydrogen (secondary N) is 2. The minimum atomic E-state index is -0.202. The van der Waals surface area contributed by atoms with Gasteiger partial charge in [0.15, 0.2) is 5.69 Å². The van der Waals surface area contributed by atoms with E-state index in [-0.39, 0.29) is 5.91 Å². The topological polar surface area (TPSA) is 105 Å². The Morgan fingerprint density at radius 2 is 1.70 bits per heavy atom. The molecule has 3 heterocycles. The predicted molar refractivity (Wildman–Crippen MR) is 125 cm³/mol. The highest BCUT2D eigenvalue weighted by Gasteiger charge is 2.24. The maximum absolute atomic E-state index is 13.1. The van der Waals surface area contributed by atoms with Crippen LogP contribution in [0.15, 0.2) is 48.5 Å². The molecule has 1 aliphatic rings. The third kappa shape index (κ3) is 4.37. The van der Waals surface area contributed by atoms with E-state index in [1.807, 2.05) is 60.5 Å². The number of benzene rings is 2. The van der Waals surface area contributed by atoms with Gasteiger partial charge in [-0.25, -0.2) is 9.69 Å². The molecule has 1 amide bonds. The van der Waals surface area contributed by atoms with Crippen LogP contribution in [0, 0.1) is 6.92 Å². The lowest BCUT2D eigenvalue weighted by Crippen LogP contribution is -2.45. The molecule has 1 aliphatic heterocycles. The van der Waals surface area contributed by atoms with Gasteiger partial charge >= 0.3 is 0 Å². The molecular weight excluding hydrogens is 440 g/mol. The fraction of sp³-hybridized carbons (Fsp3) is 0.261. The number of carbonyl (C=O) groups excluding carboxylic acids is 1. The molecule has 1 saturated heterocycles. The zero-order valence-corrected chi connectivity index (χ0v) is 18.9. The molecule has 9 nitrogen and oxygen atoms in total. The van der Waals surface area contributed by atoms with E-state index >= 15 is 0 Å². The van der Waals surface area contributed by atoms with Crippen molar-refractivity contribution < 1.29 is 4.79 Å². The van der Waals surface area contributed by atoms with E-state index in [1.54, 1.807) is 4.68 Å². The molecule has 2 aromatic carbocycles. The van der Waals surface area contributed by atoms with E-state index in [2.05, 4.69) is 26.0 Å². The van der Waals surface area contributed by atoms with Crippen molar-refractivity contribution in [3.8, 4) is 28.3 Å². The molecular formula is C23H23ClN8O. The van der Waals surface area contributed by atoms with Gasteiger partial charge in [-0.3, -0.25) is 10.2 Å². The molecule has 168 valence electrons. The lowest BCUT2D eigenvalue weighted by atomic mass is 10.1. The van der Waals surface area contributed by atoms with Crippen LogP contribution in [0.5, 0.6) is 0 Å². The third-order valence-electron chi connectivity index (χ3n) is 5.79. The highest BCUT2D eigenvalue weighted by Crippen LogP contribution is 2.30. The highest BCUT2D eigenvalue weighted by molar-refractivity contribution is 6.30. The van der Waals surface area contributed by atoms with E-state index in [4.69, 9.17) is 16.7 Å². The Bertz CT molecular complexity index is 1240. The van der Waals surface area contributed by atoms with E-state index in [1.165, 1.54) is 6.42 Å². The van der Waals surface area contributed by atoms with Gasteiger partial charge in [-0.1, -0.05) is 30.2 Å². The molecule has 1 fully saturated rings. The van der Waals surface area contributed by atoms with Gasteiger partial charge in [-0.05, 0) is 61.4 Å². The second-order valence-corrected chi connectivity index (χ2v) is 8.45. The first kappa shape index (κ1) is 21.3. The Morgan fingerprint density at radius 1 is 1.00 bits per heavy atom. The minimum Gasteiger partial charge on any atom is -0.283 e. The molecule has 5 rings (SSSR count). The monoisotopic (exact) mass is 462 g/mol. The highest BCUT2D eigenvalue weighted by atomic mass is 35.5. The summed E-state index contributed by atoms with van der Waals surface area (Å²) in [6.07, 6.45) is 3.35. The van der Waals surface area contributed by atoms with Gasteiger partial charge in [0.1, 0.15) is 0 Å². The van der Waals surface area contributed by atoms with Crippen LogP contribution in [0.3, 0.4) is 0 Å².